The van der Waals surface area contributed by atoms with Gasteiger partial charge in [-0.05, 0) is 43.5 Å². The van der Waals surface area contributed by atoms with Gasteiger partial charge in [-0.3, -0.25) is 0 Å². The second-order valence-corrected chi connectivity index (χ2v) is 5.78. The molecule has 4 heteroatoms. The van der Waals surface area contributed by atoms with Crippen LogP contribution in [0.1, 0.15) is 16.7 Å². The number of anilines is 1. The molecule has 2 aromatic rings. The molecule has 0 aliphatic carbocycles. The van der Waals surface area contributed by atoms with Gasteiger partial charge in [-0.15, -0.1) is 17.0 Å². The second-order valence-electron chi connectivity index (χ2n) is 5.78. The first-order chi connectivity index (χ1) is 10.1. The molecule has 0 amide bonds. The predicted octanol–water partition coefficient (Wildman–Crippen LogP) is 4.35. The SMILES string of the molecule is Br.Cc1cc(C)c(N2C=CC=C(Cn3ccnc3)C2)c(C)c1. The van der Waals surface area contributed by atoms with Gasteiger partial charge in [0, 0.05) is 37.4 Å². The van der Waals surface area contributed by atoms with E-state index in [-0.39, 0.29) is 17.0 Å². The lowest BCUT2D eigenvalue weighted by Gasteiger charge is -2.28. The van der Waals surface area contributed by atoms with Crippen molar-refractivity contribution in [3.8, 4) is 0 Å². The maximum absolute atomic E-state index is 4.11. The number of rotatable bonds is 3. The van der Waals surface area contributed by atoms with Crippen LogP contribution in [0.3, 0.4) is 0 Å². The number of hydrogen-bond donors (Lipinski definition) is 0. The molecule has 2 heterocycles. The largest absolute Gasteiger partial charge is 0.343 e. The van der Waals surface area contributed by atoms with E-state index < -0.39 is 0 Å². The van der Waals surface area contributed by atoms with Crippen LogP contribution in [0.2, 0.25) is 0 Å². The highest BCUT2D eigenvalue weighted by molar-refractivity contribution is 8.93. The first kappa shape index (κ1) is 16.6. The maximum Gasteiger partial charge on any atom is 0.0948 e. The van der Waals surface area contributed by atoms with Gasteiger partial charge in [-0.1, -0.05) is 23.8 Å². The van der Waals surface area contributed by atoms with E-state index in [0.29, 0.717) is 0 Å². The van der Waals surface area contributed by atoms with Crippen molar-refractivity contribution < 1.29 is 0 Å². The standard InChI is InChI=1S/C18H21N3.BrH/c1-14-9-15(2)18(16(3)10-14)21-7-4-5-17(12-21)11-20-8-6-19-13-20;/h4-10,13H,11-12H2,1-3H3;1H. The Labute approximate surface area is 142 Å². The van der Waals surface area contributed by atoms with Crippen molar-refractivity contribution in [1.82, 2.24) is 9.55 Å². The van der Waals surface area contributed by atoms with Gasteiger partial charge in [0.15, 0.2) is 0 Å². The zero-order chi connectivity index (χ0) is 14.8. The van der Waals surface area contributed by atoms with E-state index in [1.165, 1.54) is 28.0 Å². The van der Waals surface area contributed by atoms with Gasteiger partial charge < -0.3 is 9.47 Å². The molecule has 22 heavy (non-hydrogen) atoms. The molecule has 3 nitrogen and oxygen atoms in total. The van der Waals surface area contributed by atoms with Crippen LogP contribution in [0.15, 0.2) is 54.8 Å². The minimum atomic E-state index is 0. The van der Waals surface area contributed by atoms with Crippen LogP contribution in [0, 0.1) is 20.8 Å². The Kier molecular flexibility index (Phi) is 5.24. The molecule has 1 aromatic carbocycles. The van der Waals surface area contributed by atoms with Crippen LogP contribution in [0.4, 0.5) is 5.69 Å². The highest BCUT2D eigenvalue weighted by Crippen LogP contribution is 2.28. The number of aryl methyl sites for hydroxylation is 3. The Morgan fingerprint density at radius 1 is 1.14 bits per heavy atom. The van der Waals surface area contributed by atoms with Crippen molar-refractivity contribution in [2.75, 3.05) is 11.4 Å². The molecule has 0 fully saturated rings. The van der Waals surface area contributed by atoms with Crippen molar-refractivity contribution in [2.45, 2.75) is 27.3 Å². The van der Waals surface area contributed by atoms with Crippen LogP contribution in [-0.4, -0.2) is 16.1 Å². The molecule has 0 spiro atoms. The molecule has 1 aliphatic heterocycles. The summed E-state index contributed by atoms with van der Waals surface area (Å²) < 4.78 is 2.11. The van der Waals surface area contributed by atoms with Gasteiger partial charge in [-0.2, -0.15) is 0 Å². The summed E-state index contributed by atoms with van der Waals surface area (Å²) in [6.07, 6.45) is 12.2. The van der Waals surface area contributed by atoms with Gasteiger partial charge >= 0.3 is 0 Å². The molecule has 0 saturated carbocycles. The Morgan fingerprint density at radius 2 is 1.86 bits per heavy atom. The summed E-state index contributed by atoms with van der Waals surface area (Å²) in [4.78, 5) is 6.45. The fourth-order valence-corrected chi connectivity index (χ4v) is 3.10. The molecule has 0 unspecified atom stereocenters. The summed E-state index contributed by atoms with van der Waals surface area (Å²) in [7, 11) is 0. The summed E-state index contributed by atoms with van der Waals surface area (Å²) in [5.41, 5.74) is 6.70. The Hall–Kier alpha value is -1.81. The molecule has 0 N–H and O–H groups in total. The van der Waals surface area contributed by atoms with E-state index in [0.717, 1.165) is 13.1 Å². The lowest BCUT2D eigenvalue weighted by atomic mass is 10.0. The molecule has 0 bridgehead atoms. The Bertz CT molecular complexity index is 676. The van der Waals surface area contributed by atoms with Crippen molar-refractivity contribution in [3.05, 3.63) is 71.5 Å². The van der Waals surface area contributed by atoms with E-state index in [1.807, 2.05) is 18.7 Å². The van der Waals surface area contributed by atoms with E-state index in [1.54, 1.807) is 0 Å². The van der Waals surface area contributed by atoms with Crippen LogP contribution in [0.25, 0.3) is 0 Å². The highest BCUT2D eigenvalue weighted by atomic mass is 79.9. The third kappa shape index (κ3) is 3.50. The van der Waals surface area contributed by atoms with Crippen molar-refractivity contribution in [2.24, 2.45) is 0 Å². The van der Waals surface area contributed by atoms with Gasteiger partial charge in [0.25, 0.3) is 0 Å². The van der Waals surface area contributed by atoms with Crippen molar-refractivity contribution in [1.29, 1.82) is 0 Å². The quantitative estimate of drug-likeness (QED) is 0.812. The van der Waals surface area contributed by atoms with Gasteiger partial charge in [-0.25, -0.2) is 4.98 Å². The van der Waals surface area contributed by atoms with Crippen LogP contribution in [-0.2, 0) is 6.54 Å². The third-order valence-electron chi connectivity index (χ3n) is 3.84. The van der Waals surface area contributed by atoms with E-state index in [9.17, 15) is 0 Å². The minimum Gasteiger partial charge on any atom is -0.343 e. The van der Waals surface area contributed by atoms with E-state index >= 15 is 0 Å². The lowest BCUT2D eigenvalue weighted by molar-refractivity contribution is 0.755. The van der Waals surface area contributed by atoms with Crippen molar-refractivity contribution >= 4 is 22.7 Å². The molecule has 0 radical (unpaired) electrons. The molecule has 0 atom stereocenters. The Balaban J connectivity index is 0.00000176. The predicted molar refractivity (Wildman–Crippen MR) is 97.8 cm³/mol. The topological polar surface area (TPSA) is 21.1 Å². The smallest absolute Gasteiger partial charge is 0.0948 e. The summed E-state index contributed by atoms with van der Waals surface area (Å²) in [6.45, 7) is 8.36. The van der Waals surface area contributed by atoms with Crippen LogP contribution in [0.5, 0.6) is 0 Å². The molecule has 116 valence electrons. The van der Waals surface area contributed by atoms with Gasteiger partial charge in [0.2, 0.25) is 0 Å². The van der Waals surface area contributed by atoms with Crippen molar-refractivity contribution in [3.63, 3.8) is 0 Å². The molecular weight excluding hydrogens is 338 g/mol. The highest BCUT2D eigenvalue weighted by Gasteiger charge is 2.14. The summed E-state index contributed by atoms with van der Waals surface area (Å²) in [5.74, 6) is 0. The number of allylic oxidation sites excluding steroid dienone is 2. The number of benzene rings is 1. The number of hydrogen-bond acceptors (Lipinski definition) is 2. The molecule has 0 saturated heterocycles. The average Bonchev–Trinajstić information content (AvgIpc) is 2.91. The first-order valence-corrected chi connectivity index (χ1v) is 7.30. The average molecular weight is 360 g/mol. The molecule has 3 rings (SSSR count). The fourth-order valence-electron chi connectivity index (χ4n) is 3.10. The monoisotopic (exact) mass is 359 g/mol. The second kappa shape index (κ2) is 6.97. The summed E-state index contributed by atoms with van der Waals surface area (Å²) in [5, 5.41) is 0. The third-order valence-corrected chi connectivity index (χ3v) is 3.84. The van der Waals surface area contributed by atoms with E-state index in [2.05, 4.69) is 65.7 Å². The van der Waals surface area contributed by atoms with Gasteiger partial charge in [0.1, 0.15) is 0 Å². The number of halogens is 1. The lowest BCUT2D eigenvalue weighted by Crippen LogP contribution is -2.24. The van der Waals surface area contributed by atoms with Crippen LogP contribution < -0.4 is 4.90 Å². The summed E-state index contributed by atoms with van der Waals surface area (Å²) in [6, 6.07) is 4.51. The normalized spacial score (nSPS) is 13.8. The van der Waals surface area contributed by atoms with E-state index in [4.69, 9.17) is 0 Å². The molecule has 1 aromatic heterocycles. The first-order valence-electron chi connectivity index (χ1n) is 7.30. The Morgan fingerprint density at radius 3 is 2.50 bits per heavy atom. The zero-order valence-electron chi connectivity index (χ0n) is 13.3. The van der Waals surface area contributed by atoms with Gasteiger partial charge in [0.05, 0.1) is 6.33 Å². The zero-order valence-corrected chi connectivity index (χ0v) is 15.0. The number of nitrogens with zero attached hydrogens (tertiary/aromatic N) is 3. The fraction of sp³-hybridized carbons (Fsp3) is 0.278. The maximum atomic E-state index is 4.11. The summed E-state index contributed by atoms with van der Waals surface area (Å²) >= 11 is 0. The molecule has 1 aliphatic rings. The number of aromatic nitrogens is 2. The molecular formula is C18H22BrN3. The van der Waals surface area contributed by atoms with Crippen LogP contribution >= 0.6 is 17.0 Å². The number of imidazole rings is 1. The minimum absolute atomic E-state index is 0.